The second kappa shape index (κ2) is 11.7. The Morgan fingerprint density at radius 3 is 2.19 bits per heavy atom. The number of benzene rings is 1. The maximum Gasteiger partial charge on any atom is 0.264 e. The highest BCUT2D eigenvalue weighted by atomic mass is 16.5. The lowest BCUT2D eigenvalue weighted by atomic mass is 10.1. The lowest BCUT2D eigenvalue weighted by molar-refractivity contribution is -0.0628. The molecule has 1 N–H and O–H groups in total. The summed E-state index contributed by atoms with van der Waals surface area (Å²) in [4.78, 5) is 4.59. The van der Waals surface area contributed by atoms with E-state index in [9.17, 15) is 0 Å². The first-order valence-electron chi connectivity index (χ1n) is 10.2. The third-order valence-electron chi connectivity index (χ3n) is 4.54. The topological polar surface area (TPSA) is 42.9 Å². The number of ether oxygens (including phenoxy) is 2. The standard InChI is InChI=1S/C22H34N2O2/c1-3-5-7-9-18-25-21-14-12-20(13-15-21)22(23-16-11-17-24-22)26-19-10-8-6-4-2/h11-17,23H,3-10,18-19H2,1-2H3. The quantitative estimate of drug-likeness (QED) is 0.471. The first-order valence-corrected chi connectivity index (χ1v) is 10.2. The predicted octanol–water partition coefficient (Wildman–Crippen LogP) is 5.54. The van der Waals surface area contributed by atoms with E-state index in [0.717, 1.165) is 30.8 Å². The first kappa shape index (κ1) is 20.5. The molecule has 0 saturated carbocycles. The SMILES string of the molecule is CCCCCCOc1ccc(C2(OCCCCCC)N=CC=CN2)cc1. The molecule has 1 aliphatic rings. The molecule has 0 aromatic heterocycles. The maximum absolute atomic E-state index is 6.17. The van der Waals surface area contributed by atoms with Crippen molar-refractivity contribution in [3.63, 3.8) is 0 Å². The van der Waals surface area contributed by atoms with E-state index in [4.69, 9.17) is 9.47 Å². The van der Waals surface area contributed by atoms with Crippen LogP contribution < -0.4 is 10.1 Å². The van der Waals surface area contributed by atoms with Gasteiger partial charge in [-0.25, -0.2) is 4.99 Å². The van der Waals surface area contributed by atoms with E-state index in [1.165, 1.54) is 38.5 Å². The van der Waals surface area contributed by atoms with E-state index in [0.29, 0.717) is 6.61 Å². The molecule has 1 unspecified atom stereocenters. The van der Waals surface area contributed by atoms with E-state index >= 15 is 0 Å². The highest BCUT2D eigenvalue weighted by Gasteiger charge is 2.32. The fourth-order valence-corrected chi connectivity index (χ4v) is 2.95. The molecule has 0 fully saturated rings. The molecule has 0 saturated heterocycles. The Morgan fingerprint density at radius 2 is 1.58 bits per heavy atom. The fraction of sp³-hybridized carbons (Fsp3) is 0.591. The smallest absolute Gasteiger partial charge is 0.264 e. The van der Waals surface area contributed by atoms with Crippen molar-refractivity contribution in [1.82, 2.24) is 5.32 Å². The molecule has 0 spiro atoms. The average molecular weight is 359 g/mol. The summed E-state index contributed by atoms with van der Waals surface area (Å²) < 4.78 is 12.0. The van der Waals surface area contributed by atoms with Gasteiger partial charge in [-0.1, -0.05) is 52.4 Å². The monoisotopic (exact) mass is 358 g/mol. The molecule has 1 aliphatic heterocycles. The molecule has 1 aromatic rings. The van der Waals surface area contributed by atoms with Gasteiger partial charge in [0, 0.05) is 18.0 Å². The van der Waals surface area contributed by atoms with E-state index in [1.54, 1.807) is 6.21 Å². The molecule has 0 bridgehead atoms. The average Bonchev–Trinajstić information content (AvgIpc) is 2.69. The summed E-state index contributed by atoms with van der Waals surface area (Å²) in [6.07, 6.45) is 15.1. The Labute approximate surface area is 158 Å². The number of aliphatic imine (C=N–C) groups is 1. The maximum atomic E-state index is 6.17. The molecule has 0 aliphatic carbocycles. The molecule has 1 aromatic carbocycles. The van der Waals surface area contributed by atoms with Crippen LogP contribution in [-0.2, 0) is 10.6 Å². The van der Waals surface area contributed by atoms with Gasteiger partial charge in [-0.15, -0.1) is 0 Å². The van der Waals surface area contributed by atoms with Crippen LogP contribution in [0.25, 0.3) is 0 Å². The molecule has 1 atom stereocenters. The lowest BCUT2D eigenvalue weighted by Gasteiger charge is -2.32. The normalized spacial score (nSPS) is 18.7. The van der Waals surface area contributed by atoms with Gasteiger partial charge in [0.2, 0.25) is 0 Å². The van der Waals surface area contributed by atoms with Crippen LogP contribution in [0.1, 0.15) is 70.8 Å². The van der Waals surface area contributed by atoms with Crippen molar-refractivity contribution in [3.05, 3.63) is 42.1 Å². The largest absolute Gasteiger partial charge is 0.494 e. The number of nitrogens with zero attached hydrogens (tertiary/aromatic N) is 1. The first-order chi connectivity index (χ1) is 12.8. The molecular formula is C22H34N2O2. The summed E-state index contributed by atoms with van der Waals surface area (Å²) >= 11 is 0. The van der Waals surface area contributed by atoms with Crippen LogP contribution >= 0.6 is 0 Å². The summed E-state index contributed by atoms with van der Waals surface area (Å²) in [7, 11) is 0. The van der Waals surface area contributed by atoms with E-state index in [2.05, 4.69) is 24.2 Å². The van der Waals surface area contributed by atoms with Gasteiger partial charge >= 0.3 is 0 Å². The summed E-state index contributed by atoms with van der Waals surface area (Å²) in [5, 5.41) is 3.28. The predicted molar refractivity (Wildman–Crippen MR) is 109 cm³/mol. The number of allylic oxidation sites excluding steroid dienone is 1. The minimum Gasteiger partial charge on any atom is -0.494 e. The Kier molecular flexibility index (Phi) is 9.26. The number of rotatable bonds is 13. The highest BCUT2D eigenvalue weighted by Crippen LogP contribution is 2.28. The van der Waals surface area contributed by atoms with Crippen molar-refractivity contribution in [2.75, 3.05) is 13.2 Å². The molecule has 0 radical (unpaired) electrons. The summed E-state index contributed by atoms with van der Waals surface area (Å²) in [6, 6.07) is 8.09. The third kappa shape index (κ3) is 6.49. The van der Waals surface area contributed by atoms with Crippen molar-refractivity contribution in [1.29, 1.82) is 0 Å². The van der Waals surface area contributed by atoms with Crippen LogP contribution in [0, 0.1) is 0 Å². The van der Waals surface area contributed by atoms with Crippen LogP contribution in [0.15, 0.2) is 41.5 Å². The van der Waals surface area contributed by atoms with Crippen LogP contribution in [0.2, 0.25) is 0 Å². The molecule has 1 heterocycles. The summed E-state index contributed by atoms with van der Waals surface area (Å²) in [5.74, 6) is 0.0827. The van der Waals surface area contributed by atoms with E-state index in [-0.39, 0.29) is 0 Å². The van der Waals surface area contributed by atoms with Gasteiger partial charge in [0.25, 0.3) is 5.85 Å². The number of nitrogens with one attached hydrogen (secondary N) is 1. The van der Waals surface area contributed by atoms with E-state index < -0.39 is 5.85 Å². The van der Waals surface area contributed by atoms with Gasteiger partial charge in [-0.2, -0.15) is 0 Å². The van der Waals surface area contributed by atoms with Crippen molar-refractivity contribution in [3.8, 4) is 5.75 Å². The second-order valence-corrected chi connectivity index (χ2v) is 6.77. The van der Waals surface area contributed by atoms with Gasteiger partial charge in [-0.3, -0.25) is 0 Å². The zero-order valence-electron chi connectivity index (χ0n) is 16.4. The van der Waals surface area contributed by atoms with Crippen LogP contribution in [0.3, 0.4) is 0 Å². The Hall–Kier alpha value is -1.81. The number of hydrogen-bond donors (Lipinski definition) is 1. The van der Waals surface area contributed by atoms with Crippen LogP contribution in [-0.4, -0.2) is 19.4 Å². The summed E-state index contributed by atoms with van der Waals surface area (Å²) in [5.41, 5.74) is 0.993. The minimum atomic E-state index is -0.819. The van der Waals surface area contributed by atoms with Gasteiger partial charge in [0.05, 0.1) is 13.2 Å². The van der Waals surface area contributed by atoms with Crippen molar-refractivity contribution in [2.24, 2.45) is 4.99 Å². The molecule has 144 valence electrons. The molecule has 4 nitrogen and oxygen atoms in total. The Balaban J connectivity index is 1.91. The van der Waals surface area contributed by atoms with Crippen molar-refractivity contribution in [2.45, 2.75) is 71.1 Å². The Bertz CT molecular complexity index is 554. The zero-order chi connectivity index (χ0) is 18.5. The molecular weight excluding hydrogens is 324 g/mol. The van der Waals surface area contributed by atoms with Crippen molar-refractivity contribution >= 4 is 6.21 Å². The van der Waals surface area contributed by atoms with Gasteiger partial charge in [-0.05, 0) is 43.2 Å². The van der Waals surface area contributed by atoms with Crippen LogP contribution in [0.5, 0.6) is 5.75 Å². The van der Waals surface area contributed by atoms with Gasteiger partial charge < -0.3 is 14.8 Å². The van der Waals surface area contributed by atoms with Crippen LogP contribution in [0.4, 0.5) is 0 Å². The lowest BCUT2D eigenvalue weighted by Crippen LogP contribution is -2.42. The van der Waals surface area contributed by atoms with E-state index in [1.807, 2.05) is 36.5 Å². The molecule has 26 heavy (non-hydrogen) atoms. The summed E-state index contributed by atoms with van der Waals surface area (Å²) in [6.45, 7) is 5.90. The Morgan fingerprint density at radius 1 is 0.885 bits per heavy atom. The molecule has 2 rings (SSSR count). The molecule has 0 amide bonds. The highest BCUT2D eigenvalue weighted by molar-refractivity contribution is 5.72. The molecule has 4 heteroatoms. The van der Waals surface area contributed by atoms with Gasteiger partial charge in [0.1, 0.15) is 5.75 Å². The second-order valence-electron chi connectivity index (χ2n) is 6.77. The third-order valence-corrected chi connectivity index (χ3v) is 4.54. The number of unbranched alkanes of at least 4 members (excludes halogenated alkanes) is 6. The van der Waals surface area contributed by atoms with Gasteiger partial charge in [0.15, 0.2) is 0 Å². The zero-order valence-corrected chi connectivity index (χ0v) is 16.4. The minimum absolute atomic E-state index is 0.688. The number of hydrogen-bond acceptors (Lipinski definition) is 4. The van der Waals surface area contributed by atoms with Crippen molar-refractivity contribution < 1.29 is 9.47 Å². The fourth-order valence-electron chi connectivity index (χ4n) is 2.95.